The SMILES string of the molecule is COc1cccc(/C=N/Nc2nc(-c3ccccc3)nc(C)c2C)c1O. The monoisotopic (exact) mass is 348 g/mol. The van der Waals surface area contributed by atoms with Crippen molar-refractivity contribution in [1.29, 1.82) is 0 Å². The van der Waals surface area contributed by atoms with Gasteiger partial charge in [0, 0.05) is 22.4 Å². The molecule has 1 aromatic heterocycles. The van der Waals surface area contributed by atoms with E-state index in [0.29, 0.717) is 23.0 Å². The van der Waals surface area contributed by atoms with Crippen LogP contribution in [0, 0.1) is 13.8 Å². The summed E-state index contributed by atoms with van der Waals surface area (Å²) in [5.74, 6) is 1.70. The topological polar surface area (TPSA) is 79.6 Å². The van der Waals surface area contributed by atoms with Gasteiger partial charge in [0.25, 0.3) is 0 Å². The lowest BCUT2D eigenvalue weighted by Crippen LogP contribution is -2.03. The molecule has 0 bridgehead atoms. The van der Waals surface area contributed by atoms with Crippen LogP contribution in [0.15, 0.2) is 53.6 Å². The number of hydrogen-bond donors (Lipinski definition) is 2. The molecule has 3 rings (SSSR count). The molecule has 6 heteroatoms. The lowest BCUT2D eigenvalue weighted by atomic mass is 10.2. The van der Waals surface area contributed by atoms with Gasteiger partial charge in [-0.05, 0) is 26.0 Å². The molecule has 2 aromatic carbocycles. The number of methoxy groups -OCH3 is 1. The third-order valence-electron chi connectivity index (χ3n) is 4.05. The molecule has 3 aromatic rings. The molecule has 1 heterocycles. The van der Waals surface area contributed by atoms with E-state index < -0.39 is 0 Å². The molecule has 0 radical (unpaired) electrons. The molecule has 132 valence electrons. The molecule has 0 spiro atoms. The van der Waals surface area contributed by atoms with E-state index in [9.17, 15) is 5.11 Å². The van der Waals surface area contributed by atoms with E-state index in [1.807, 2.05) is 44.2 Å². The zero-order chi connectivity index (χ0) is 18.5. The van der Waals surface area contributed by atoms with Gasteiger partial charge in [0.15, 0.2) is 23.1 Å². The maximum absolute atomic E-state index is 10.1. The van der Waals surface area contributed by atoms with Gasteiger partial charge < -0.3 is 9.84 Å². The molecule has 0 amide bonds. The second kappa shape index (κ2) is 7.65. The van der Waals surface area contributed by atoms with E-state index >= 15 is 0 Å². The summed E-state index contributed by atoms with van der Waals surface area (Å²) in [6.07, 6.45) is 1.52. The number of hydrazone groups is 1. The van der Waals surface area contributed by atoms with Crippen molar-refractivity contribution in [2.24, 2.45) is 5.10 Å². The Balaban J connectivity index is 1.87. The number of aryl methyl sites for hydroxylation is 1. The first kappa shape index (κ1) is 17.4. The standard InChI is InChI=1S/C20H20N4O2/c1-13-14(2)22-20(15-8-5-4-6-9-15)23-19(13)24-21-12-16-10-7-11-17(26-3)18(16)25/h4-12,25H,1-3H3,(H,22,23,24)/b21-12+. The largest absolute Gasteiger partial charge is 0.504 e. The first-order valence-electron chi connectivity index (χ1n) is 8.16. The molecule has 0 saturated carbocycles. The summed E-state index contributed by atoms with van der Waals surface area (Å²) in [5, 5.41) is 14.3. The van der Waals surface area contributed by atoms with Gasteiger partial charge >= 0.3 is 0 Å². The molecular formula is C20H20N4O2. The van der Waals surface area contributed by atoms with Crippen molar-refractivity contribution in [1.82, 2.24) is 9.97 Å². The minimum Gasteiger partial charge on any atom is -0.504 e. The molecule has 0 saturated heterocycles. The summed E-state index contributed by atoms with van der Waals surface area (Å²) in [6.45, 7) is 3.87. The van der Waals surface area contributed by atoms with Gasteiger partial charge in [-0.15, -0.1) is 0 Å². The van der Waals surface area contributed by atoms with Crippen LogP contribution in [0.1, 0.15) is 16.8 Å². The second-order valence-corrected chi connectivity index (χ2v) is 5.74. The van der Waals surface area contributed by atoms with Crippen molar-refractivity contribution in [2.45, 2.75) is 13.8 Å². The third-order valence-corrected chi connectivity index (χ3v) is 4.05. The zero-order valence-corrected chi connectivity index (χ0v) is 14.9. The number of aromatic nitrogens is 2. The van der Waals surface area contributed by atoms with E-state index in [-0.39, 0.29) is 5.75 Å². The highest BCUT2D eigenvalue weighted by molar-refractivity contribution is 5.85. The Kier molecular flexibility index (Phi) is 5.12. The zero-order valence-electron chi connectivity index (χ0n) is 14.9. The van der Waals surface area contributed by atoms with Crippen LogP contribution >= 0.6 is 0 Å². The number of rotatable bonds is 5. The maximum atomic E-state index is 10.1. The Morgan fingerprint density at radius 2 is 1.81 bits per heavy atom. The molecule has 2 N–H and O–H groups in total. The molecule has 6 nitrogen and oxygen atoms in total. The molecule has 0 aliphatic rings. The summed E-state index contributed by atoms with van der Waals surface area (Å²) >= 11 is 0. The highest BCUT2D eigenvalue weighted by atomic mass is 16.5. The average Bonchev–Trinajstić information content (AvgIpc) is 2.67. The van der Waals surface area contributed by atoms with Crippen LogP contribution in [-0.4, -0.2) is 28.4 Å². The third kappa shape index (κ3) is 3.64. The van der Waals surface area contributed by atoms with Crippen LogP contribution in [0.3, 0.4) is 0 Å². The van der Waals surface area contributed by atoms with Crippen LogP contribution < -0.4 is 10.2 Å². The summed E-state index contributed by atoms with van der Waals surface area (Å²) in [4.78, 5) is 9.11. The fraction of sp³-hybridized carbons (Fsp3) is 0.150. The quantitative estimate of drug-likeness (QED) is 0.540. The Morgan fingerprint density at radius 3 is 2.54 bits per heavy atom. The van der Waals surface area contributed by atoms with Gasteiger partial charge in [-0.3, -0.25) is 5.43 Å². The minimum absolute atomic E-state index is 0.0427. The summed E-state index contributed by atoms with van der Waals surface area (Å²) in [7, 11) is 1.51. The predicted molar refractivity (Wildman–Crippen MR) is 103 cm³/mol. The van der Waals surface area contributed by atoms with E-state index in [2.05, 4.69) is 20.5 Å². The fourth-order valence-corrected chi connectivity index (χ4v) is 2.43. The van der Waals surface area contributed by atoms with Crippen LogP contribution in [0.4, 0.5) is 5.82 Å². The molecule has 0 unspecified atom stereocenters. The van der Waals surface area contributed by atoms with E-state index in [1.54, 1.807) is 18.2 Å². The Labute approximate surface area is 152 Å². The number of nitrogens with one attached hydrogen (secondary N) is 1. The van der Waals surface area contributed by atoms with Crippen molar-refractivity contribution in [2.75, 3.05) is 12.5 Å². The van der Waals surface area contributed by atoms with E-state index in [1.165, 1.54) is 13.3 Å². The first-order chi connectivity index (χ1) is 12.6. The van der Waals surface area contributed by atoms with E-state index in [0.717, 1.165) is 16.8 Å². The van der Waals surface area contributed by atoms with E-state index in [4.69, 9.17) is 4.74 Å². The number of para-hydroxylation sites is 1. The van der Waals surface area contributed by atoms with Crippen molar-refractivity contribution < 1.29 is 9.84 Å². The highest BCUT2D eigenvalue weighted by Gasteiger charge is 2.09. The lowest BCUT2D eigenvalue weighted by molar-refractivity contribution is 0.373. The van der Waals surface area contributed by atoms with Crippen LogP contribution in [0.5, 0.6) is 11.5 Å². The van der Waals surface area contributed by atoms with Gasteiger partial charge in [-0.1, -0.05) is 36.4 Å². The number of ether oxygens (including phenoxy) is 1. The summed E-state index contributed by atoms with van der Waals surface area (Å²) in [6, 6.07) is 15.0. The molecule has 0 atom stereocenters. The number of nitrogens with zero attached hydrogens (tertiary/aromatic N) is 3. The minimum atomic E-state index is 0.0427. The maximum Gasteiger partial charge on any atom is 0.166 e. The Morgan fingerprint density at radius 1 is 1.04 bits per heavy atom. The van der Waals surface area contributed by atoms with Gasteiger partial charge in [0.2, 0.25) is 0 Å². The van der Waals surface area contributed by atoms with Crippen molar-refractivity contribution in [3.63, 3.8) is 0 Å². The number of anilines is 1. The van der Waals surface area contributed by atoms with Gasteiger partial charge in [-0.2, -0.15) is 5.10 Å². The van der Waals surface area contributed by atoms with Crippen LogP contribution in [0.2, 0.25) is 0 Å². The van der Waals surface area contributed by atoms with Crippen molar-refractivity contribution in [3.8, 4) is 22.9 Å². The van der Waals surface area contributed by atoms with Gasteiger partial charge in [0.1, 0.15) is 0 Å². The van der Waals surface area contributed by atoms with Crippen molar-refractivity contribution in [3.05, 3.63) is 65.4 Å². The molecule has 26 heavy (non-hydrogen) atoms. The molecule has 0 aliphatic heterocycles. The van der Waals surface area contributed by atoms with Crippen LogP contribution in [0.25, 0.3) is 11.4 Å². The predicted octanol–water partition coefficient (Wildman–Crippen LogP) is 3.92. The smallest absolute Gasteiger partial charge is 0.166 e. The molecule has 0 aliphatic carbocycles. The molecule has 0 fully saturated rings. The average molecular weight is 348 g/mol. The fourth-order valence-electron chi connectivity index (χ4n) is 2.43. The van der Waals surface area contributed by atoms with Gasteiger partial charge in [-0.25, -0.2) is 9.97 Å². The number of phenolic OH excluding ortho intramolecular Hbond substituents is 1. The number of phenols is 1. The highest BCUT2D eigenvalue weighted by Crippen LogP contribution is 2.28. The number of aromatic hydroxyl groups is 1. The second-order valence-electron chi connectivity index (χ2n) is 5.74. The first-order valence-corrected chi connectivity index (χ1v) is 8.16. The lowest BCUT2D eigenvalue weighted by Gasteiger charge is -2.10. The summed E-state index contributed by atoms with van der Waals surface area (Å²) in [5.41, 5.74) is 6.22. The summed E-state index contributed by atoms with van der Waals surface area (Å²) < 4.78 is 5.10. The Bertz CT molecular complexity index is 940. The normalized spacial score (nSPS) is 10.9. The van der Waals surface area contributed by atoms with Crippen molar-refractivity contribution >= 4 is 12.0 Å². The number of benzene rings is 2. The number of hydrogen-bond acceptors (Lipinski definition) is 6. The Hall–Kier alpha value is -3.41. The van der Waals surface area contributed by atoms with Crippen LogP contribution in [-0.2, 0) is 0 Å². The van der Waals surface area contributed by atoms with Gasteiger partial charge in [0.05, 0.1) is 13.3 Å². The molecular weight excluding hydrogens is 328 g/mol.